The predicted molar refractivity (Wildman–Crippen MR) is 94.6 cm³/mol. The zero-order chi connectivity index (χ0) is 18.1. The number of fused-ring (bicyclic) bond motifs is 1. The molecule has 2 atom stereocenters. The summed E-state index contributed by atoms with van der Waals surface area (Å²) in [5, 5.41) is 18.3. The molecule has 4 rings (SSSR count). The lowest BCUT2D eigenvalue weighted by molar-refractivity contribution is 0.0151. The second kappa shape index (κ2) is 7.14. The van der Waals surface area contributed by atoms with E-state index in [0.29, 0.717) is 30.4 Å². The lowest BCUT2D eigenvalue weighted by atomic mass is 9.96. The van der Waals surface area contributed by atoms with Crippen LogP contribution < -0.4 is 0 Å². The highest BCUT2D eigenvalue weighted by molar-refractivity contribution is 5.95. The van der Waals surface area contributed by atoms with Crippen LogP contribution in [0.3, 0.4) is 0 Å². The molecule has 0 saturated carbocycles. The second-order valence-corrected chi connectivity index (χ2v) is 7.40. The number of aryl methyl sites for hydroxylation is 2. The van der Waals surface area contributed by atoms with Crippen LogP contribution in [0.15, 0.2) is 6.20 Å². The van der Waals surface area contributed by atoms with Gasteiger partial charge in [-0.3, -0.25) is 14.4 Å². The van der Waals surface area contributed by atoms with Crippen molar-refractivity contribution in [2.75, 3.05) is 19.6 Å². The minimum Gasteiger partial charge on any atom is -0.333 e. The van der Waals surface area contributed by atoms with Crippen LogP contribution >= 0.6 is 0 Å². The number of aromatic amines is 1. The Kier molecular flexibility index (Phi) is 4.71. The molecule has 0 bridgehead atoms. The highest BCUT2D eigenvalue weighted by Gasteiger charge is 2.36. The number of H-pyrrole nitrogens is 1. The van der Waals surface area contributed by atoms with Crippen molar-refractivity contribution in [3.05, 3.63) is 23.3 Å². The zero-order valence-corrected chi connectivity index (χ0v) is 15.4. The maximum absolute atomic E-state index is 13.2. The van der Waals surface area contributed by atoms with Gasteiger partial charge in [-0.15, -0.1) is 10.2 Å². The first-order chi connectivity index (χ1) is 12.6. The highest BCUT2D eigenvalue weighted by Crippen LogP contribution is 2.25. The van der Waals surface area contributed by atoms with Crippen LogP contribution in [0.4, 0.5) is 0 Å². The zero-order valence-electron chi connectivity index (χ0n) is 15.4. The number of piperazine rings is 1. The average molecular weight is 358 g/mol. The van der Waals surface area contributed by atoms with Crippen molar-refractivity contribution in [1.82, 2.24) is 40.2 Å². The number of tetrazole rings is 1. The first-order valence-corrected chi connectivity index (χ1v) is 9.43. The summed E-state index contributed by atoms with van der Waals surface area (Å²) in [5.41, 5.74) is 1.60. The van der Waals surface area contributed by atoms with Gasteiger partial charge in [-0.05, 0) is 33.2 Å². The lowest BCUT2D eigenvalue weighted by Crippen LogP contribution is -2.60. The van der Waals surface area contributed by atoms with E-state index in [4.69, 9.17) is 0 Å². The van der Waals surface area contributed by atoms with Gasteiger partial charge in [0, 0.05) is 43.8 Å². The molecule has 2 saturated heterocycles. The van der Waals surface area contributed by atoms with E-state index in [-0.39, 0.29) is 11.9 Å². The van der Waals surface area contributed by atoms with Gasteiger partial charge in [-0.1, -0.05) is 11.6 Å². The molecule has 2 aromatic rings. The van der Waals surface area contributed by atoms with E-state index in [0.717, 1.165) is 18.8 Å². The molecule has 0 radical (unpaired) electrons. The van der Waals surface area contributed by atoms with Crippen LogP contribution in [0.1, 0.15) is 48.1 Å². The Hall–Kier alpha value is -2.29. The first kappa shape index (κ1) is 17.1. The largest absolute Gasteiger partial charge is 0.333 e. The monoisotopic (exact) mass is 358 g/mol. The molecule has 1 N–H and O–H groups in total. The molecule has 9 nitrogen and oxygen atoms in total. The molecular formula is C17H26N8O. The quantitative estimate of drug-likeness (QED) is 0.862. The van der Waals surface area contributed by atoms with Gasteiger partial charge in [0.15, 0.2) is 5.82 Å². The molecule has 26 heavy (non-hydrogen) atoms. The molecule has 1 amide bonds. The molecule has 9 heteroatoms. The molecule has 2 unspecified atom stereocenters. The summed E-state index contributed by atoms with van der Waals surface area (Å²) in [6, 6.07) is 0.747. The van der Waals surface area contributed by atoms with Gasteiger partial charge in [0.2, 0.25) is 0 Å². The molecule has 2 fully saturated rings. The minimum absolute atomic E-state index is 0.103. The van der Waals surface area contributed by atoms with Crippen LogP contribution in [-0.4, -0.2) is 77.8 Å². The van der Waals surface area contributed by atoms with Gasteiger partial charge in [0.25, 0.3) is 5.91 Å². The van der Waals surface area contributed by atoms with Gasteiger partial charge >= 0.3 is 0 Å². The topological polar surface area (TPSA) is 95.8 Å². The fraction of sp³-hybridized carbons (Fsp3) is 0.706. The molecule has 4 heterocycles. The smallest absolute Gasteiger partial charge is 0.257 e. The van der Waals surface area contributed by atoms with E-state index in [1.54, 1.807) is 6.20 Å². The second-order valence-electron chi connectivity index (χ2n) is 7.40. The average Bonchev–Trinajstić information content (AvgIpc) is 3.28. The van der Waals surface area contributed by atoms with Crippen molar-refractivity contribution in [3.8, 4) is 0 Å². The number of amides is 1. The van der Waals surface area contributed by atoms with Crippen LogP contribution in [-0.2, 0) is 13.0 Å². The van der Waals surface area contributed by atoms with E-state index in [1.165, 1.54) is 25.8 Å². The van der Waals surface area contributed by atoms with Crippen molar-refractivity contribution in [3.63, 3.8) is 0 Å². The number of nitrogens with one attached hydrogen (secondary N) is 1. The number of carbonyl (C=O) groups excluding carboxylic acids is 1. The summed E-state index contributed by atoms with van der Waals surface area (Å²) in [7, 11) is 0. The molecule has 2 aromatic heterocycles. The summed E-state index contributed by atoms with van der Waals surface area (Å²) in [6.07, 6.45) is 6.07. The maximum atomic E-state index is 13.2. The Balaban J connectivity index is 1.45. The van der Waals surface area contributed by atoms with Crippen molar-refractivity contribution in [2.45, 2.75) is 58.2 Å². The van der Waals surface area contributed by atoms with Gasteiger partial charge in [-0.2, -0.15) is 10.3 Å². The third-order valence-corrected chi connectivity index (χ3v) is 5.72. The van der Waals surface area contributed by atoms with E-state index in [1.807, 2.05) is 16.5 Å². The Bertz CT molecular complexity index is 755. The standard InChI is InChI=1S/C17H26N8O/c1-12-10-23-7-4-3-5-14(23)11-24(12)17(26)15-9-18-25(13(15)2)8-6-16-19-21-22-20-16/h9,12,14H,3-8,10-11H2,1-2H3,(H,19,20,21,22). The number of carbonyl (C=O) groups is 1. The normalized spacial score (nSPS) is 23.8. The van der Waals surface area contributed by atoms with Gasteiger partial charge in [0.1, 0.15) is 0 Å². The van der Waals surface area contributed by atoms with Crippen LogP contribution in [0.2, 0.25) is 0 Å². The Morgan fingerprint density at radius 2 is 2.23 bits per heavy atom. The first-order valence-electron chi connectivity index (χ1n) is 9.43. The molecule has 140 valence electrons. The van der Waals surface area contributed by atoms with E-state index in [9.17, 15) is 4.79 Å². The van der Waals surface area contributed by atoms with E-state index >= 15 is 0 Å². The molecule has 0 aromatic carbocycles. The molecule has 2 aliphatic heterocycles. The highest BCUT2D eigenvalue weighted by atomic mass is 16.2. The van der Waals surface area contributed by atoms with Gasteiger partial charge in [0.05, 0.1) is 11.8 Å². The summed E-state index contributed by atoms with van der Waals surface area (Å²) in [5.74, 6) is 0.751. The molecule has 2 aliphatic rings. The number of hydrogen-bond donors (Lipinski definition) is 1. The molecular weight excluding hydrogens is 332 g/mol. The predicted octanol–water partition coefficient (Wildman–Crippen LogP) is 0.646. The third-order valence-electron chi connectivity index (χ3n) is 5.72. The van der Waals surface area contributed by atoms with E-state index in [2.05, 4.69) is 37.5 Å². The van der Waals surface area contributed by atoms with Gasteiger partial charge < -0.3 is 4.90 Å². The summed E-state index contributed by atoms with van der Waals surface area (Å²) < 4.78 is 1.85. The van der Waals surface area contributed by atoms with Crippen LogP contribution in [0.5, 0.6) is 0 Å². The maximum Gasteiger partial charge on any atom is 0.257 e. The Morgan fingerprint density at radius 1 is 1.35 bits per heavy atom. The number of aromatic nitrogens is 6. The Morgan fingerprint density at radius 3 is 3.04 bits per heavy atom. The fourth-order valence-corrected chi connectivity index (χ4v) is 4.17. The van der Waals surface area contributed by atoms with E-state index < -0.39 is 0 Å². The summed E-state index contributed by atoms with van der Waals surface area (Å²) in [4.78, 5) is 17.8. The van der Waals surface area contributed by atoms with Gasteiger partial charge in [-0.25, -0.2) is 0 Å². The van der Waals surface area contributed by atoms with Crippen molar-refractivity contribution in [1.29, 1.82) is 0 Å². The van der Waals surface area contributed by atoms with Crippen LogP contribution in [0.25, 0.3) is 0 Å². The molecule has 0 spiro atoms. The summed E-state index contributed by atoms with van der Waals surface area (Å²) in [6.45, 7) is 7.71. The van der Waals surface area contributed by atoms with Crippen molar-refractivity contribution in [2.24, 2.45) is 0 Å². The van der Waals surface area contributed by atoms with Crippen LogP contribution in [0, 0.1) is 6.92 Å². The summed E-state index contributed by atoms with van der Waals surface area (Å²) >= 11 is 0. The number of nitrogens with zero attached hydrogens (tertiary/aromatic N) is 7. The third kappa shape index (κ3) is 3.23. The number of rotatable bonds is 4. The Labute approximate surface area is 152 Å². The SMILES string of the molecule is Cc1c(C(=O)N2CC3CCCCN3CC2C)cnn1CCc1nn[nH]n1. The van der Waals surface area contributed by atoms with Crippen molar-refractivity contribution >= 4 is 5.91 Å². The number of piperidine rings is 1. The van der Waals surface area contributed by atoms with Crippen molar-refractivity contribution < 1.29 is 4.79 Å². The molecule has 0 aliphatic carbocycles. The minimum atomic E-state index is 0.103. The lowest BCUT2D eigenvalue weighted by Gasteiger charge is -2.47. The fourth-order valence-electron chi connectivity index (χ4n) is 4.17. The number of hydrogen-bond acceptors (Lipinski definition) is 6.